The van der Waals surface area contributed by atoms with Crippen LogP contribution in [0.15, 0.2) is 480 Å². The van der Waals surface area contributed by atoms with Crippen LogP contribution in [0.25, 0.3) is 146 Å². The molecule has 13 heteroatoms. The largest absolute Gasteiger partial charge is 0.305 e. The van der Waals surface area contributed by atoms with Crippen molar-refractivity contribution in [2.24, 2.45) is 0 Å². The van der Waals surface area contributed by atoms with Gasteiger partial charge in [0.15, 0.2) is 0 Å². The molecule has 13 aromatic carbocycles. The molecule has 0 aliphatic heterocycles. The molecule has 0 N–H and O–H groups in total. The minimum absolute atomic E-state index is 0. The van der Waals surface area contributed by atoms with Crippen molar-refractivity contribution in [2.75, 3.05) is 0 Å². The molecule has 0 saturated heterocycles. The molecule has 21 rings (SSSR count). The summed E-state index contributed by atoms with van der Waals surface area (Å²) in [4.78, 5) is 35.1. The van der Waals surface area contributed by atoms with Crippen molar-refractivity contribution in [3.8, 4) is 146 Å². The predicted octanol–water partition coefficient (Wildman–Crippen LogP) is 33.9. The smallest absolute Gasteiger partial charge is 0.0163 e. The van der Waals surface area contributed by atoms with Crippen molar-refractivity contribution in [3.05, 3.63) is 557 Å². The van der Waals surface area contributed by atoms with Crippen molar-refractivity contribution in [2.45, 2.75) is 98.8 Å². The molecule has 0 amide bonds. The van der Waals surface area contributed by atoms with E-state index >= 15 is 0 Å². The molecular weight excluding hydrogens is 2670 g/mol. The summed E-state index contributed by atoms with van der Waals surface area (Å²) in [5, 5.41) is 0. The third-order valence-electron chi connectivity index (χ3n) is 22.9. The quantitative estimate of drug-likeness (QED) is 0.0935. The molecule has 0 fully saturated rings. The number of nitrogens with zero attached hydrogens (tertiary/aromatic N) is 8. The SMILES string of the molecule is CC(C)(C)c1ccnc(-c2[c-]ccc(-c3ccccc3)c2)c1.CC(C)(C)c1ccnc(-c2[c-]ccc(-c3ccccc3)c2)c1.CC(C)c1ccnc(-c2[c-]ccc(-c3ccccc3)c2)c1.CC(C)c1ccnc(-c2[c-]ccc(-c3ccccc3)c2)c1.Cc1ccnc(-c2[c-]ccc(-c3ccccc3)c2)c1.[Ir].[Ir].[Ir].[Ir].[Ir].[c-]1ccccc1-c1ccccn1.[c-]1ccccc1-c1ccccn1.[c-]1ccccc1-c1ccccn1. The molecule has 8 nitrogen and oxygen atoms in total. The standard InChI is InChI=1S/2C21H20N.2C20H18N.C18H14N.3C11H8N.5Ir/c2*1-21(2,3)19-12-13-22-20(15-19)18-11-7-10-17(14-18)16-8-5-4-6-9-16;2*1-15(2)17-11-12-21-20(14-17)19-10-6-9-18(13-19)16-7-4-3-5-8-16;1-14-10-11-19-18(12-14)17-9-5-8-16(13-17)15-6-3-2-4-7-15;3*1-2-6-10(7-3-1)11-8-4-5-9-12-11;;;;;/h2*4-10,12-15H,1-3H3;2*3-9,11-15H,1-2H3;2-8,10-13H,1H3;3*1-6,8-9H;;;;;/q8*-1;;;;;. The van der Waals surface area contributed by atoms with Gasteiger partial charge in [0, 0.05) is 150 Å². The third-order valence-corrected chi connectivity index (χ3v) is 22.9. The molecule has 5 radical (unpaired) electrons. The van der Waals surface area contributed by atoms with Crippen LogP contribution in [0, 0.1) is 55.5 Å². The molecule has 8 aromatic heterocycles. The molecule has 0 bridgehead atoms. The number of aryl methyl sites for hydroxylation is 1. The first-order chi connectivity index (χ1) is 68.8. The van der Waals surface area contributed by atoms with Gasteiger partial charge in [-0.1, -0.05) is 304 Å². The maximum atomic E-state index is 4.53. The Morgan fingerprint density at radius 1 is 0.178 bits per heavy atom. The van der Waals surface area contributed by atoms with Crippen molar-refractivity contribution in [3.63, 3.8) is 0 Å². The summed E-state index contributed by atoms with van der Waals surface area (Å²) < 4.78 is 0. The summed E-state index contributed by atoms with van der Waals surface area (Å²) >= 11 is 0. The van der Waals surface area contributed by atoms with E-state index in [1.807, 2.05) is 225 Å². The van der Waals surface area contributed by atoms with Gasteiger partial charge >= 0.3 is 0 Å². The first-order valence-electron chi connectivity index (χ1n) is 47.6. The molecule has 0 unspecified atom stereocenters. The fourth-order valence-electron chi connectivity index (χ4n) is 15.0. The van der Waals surface area contributed by atoms with Gasteiger partial charge in [0.25, 0.3) is 0 Å². The summed E-state index contributed by atoms with van der Waals surface area (Å²) in [7, 11) is 0. The second-order valence-corrected chi connectivity index (χ2v) is 36.1. The van der Waals surface area contributed by atoms with E-state index in [0.29, 0.717) is 11.8 Å². The summed E-state index contributed by atoms with van der Waals surface area (Å²) in [6.07, 6.45) is 14.7. The summed E-state index contributed by atoms with van der Waals surface area (Å²) in [6.45, 7) is 24.2. The van der Waals surface area contributed by atoms with Crippen LogP contribution in [0.1, 0.15) is 109 Å². The van der Waals surface area contributed by atoms with E-state index < -0.39 is 0 Å². The van der Waals surface area contributed by atoms with Crippen LogP contribution < -0.4 is 0 Å². The van der Waals surface area contributed by atoms with Crippen LogP contribution in [0.2, 0.25) is 0 Å². The molecule has 0 spiro atoms. The number of hydrogen-bond acceptors (Lipinski definition) is 8. The van der Waals surface area contributed by atoms with Gasteiger partial charge in [0.2, 0.25) is 0 Å². The van der Waals surface area contributed by atoms with Crippen LogP contribution in [-0.4, -0.2) is 39.9 Å². The van der Waals surface area contributed by atoms with Crippen LogP contribution in [0.4, 0.5) is 0 Å². The average Bonchev–Trinajstić information content (AvgIpc) is 0.805. The van der Waals surface area contributed by atoms with Crippen LogP contribution in [-0.2, 0) is 111 Å². The topological polar surface area (TPSA) is 103 Å². The zero-order chi connectivity index (χ0) is 98.2. The third kappa shape index (κ3) is 35.9. The van der Waals surface area contributed by atoms with E-state index in [9.17, 15) is 0 Å². The maximum absolute atomic E-state index is 4.53. The molecule has 739 valence electrons. The number of benzene rings is 13. The minimum Gasteiger partial charge on any atom is -0.305 e. The number of hydrogen-bond donors (Lipinski definition) is 0. The Kier molecular flexibility index (Phi) is 47.8. The van der Waals surface area contributed by atoms with Gasteiger partial charge in [-0.05, 0) is 163 Å². The Hall–Kier alpha value is -13.7. The van der Waals surface area contributed by atoms with Crippen molar-refractivity contribution < 1.29 is 101 Å². The van der Waals surface area contributed by atoms with Crippen molar-refractivity contribution in [1.82, 2.24) is 39.9 Å². The minimum atomic E-state index is 0. The number of aromatic nitrogens is 8. The van der Waals surface area contributed by atoms with Gasteiger partial charge in [-0.3, -0.25) is 0 Å². The molecule has 146 heavy (non-hydrogen) atoms. The first-order valence-corrected chi connectivity index (χ1v) is 47.6. The van der Waals surface area contributed by atoms with E-state index in [0.717, 1.165) is 90.1 Å². The molecule has 0 aliphatic carbocycles. The van der Waals surface area contributed by atoms with Gasteiger partial charge in [-0.15, -0.1) is 285 Å². The number of pyridine rings is 8. The maximum Gasteiger partial charge on any atom is 0.0163 e. The fourth-order valence-corrected chi connectivity index (χ4v) is 15.0. The van der Waals surface area contributed by atoms with Crippen LogP contribution in [0.5, 0.6) is 0 Å². The van der Waals surface area contributed by atoms with Gasteiger partial charge < -0.3 is 39.9 Å². The van der Waals surface area contributed by atoms with E-state index in [1.165, 1.54) is 83.5 Å². The Labute approximate surface area is 932 Å². The van der Waals surface area contributed by atoms with E-state index in [-0.39, 0.29) is 111 Å². The number of rotatable bonds is 15. The summed E-state index contributed by atoms with van der Waals surface area (Å²) in [5.74, 6) is 1.01. The van der Waals surface area contributed by atoms with E-state index in [1.54, 1.807) is 18.6 Å². The second kappa shape index (κ2) is 60.3. The van der Waals surface area contributed by atoms with E-state index in [2.05, 4.69) is 401 Å². The van der Waals surface area contributed by atoms with Crippen LogP contribution in [0.3, 0.4) is 0 Å². The Bertz CT molecular complexity index is 6780. The van der Waals surface area contributed by atoms with Crippen molar-refractivity contribution >= 4 is 0 Å². The molecule has 0 aliphatic rings. The van der Waals surface area contributed by atoms with Gasteiger partial charge in [0.1, 0.15) is 0 Å². The molecule has 0 atom stereocenters. The first kappa shape index (κ1) is 116. The second-order valence-electron chi connectivity index (χ2n) is 36.1. The summed E-state index contributed by atoms with van der Waals surface area (Å²) in [5.41, 5.74) is 34.8. The Morgan fingerprint density at radius 3 is 0.623 bits per heavy atom. The van der Waals surface area contributed by atoms with Crippen molar-refractivity contribution in [1.29, 1.82) is 0 Å². The van der Waals surface area contributed by atoms with Gasteiger partial charge in [-0.25, -0.2) is 0 Å². The monoisotopic (exact) mass is 2790 g/mol. The Balaban J connectivity index is 0.000000187. The normalized spacial score (nSPS) is 10.3. The van der Waals surface area contributed by atoms with Crippen LogP contribution >= 0.6 is 0 Å². The fraction of sp³-hybridized carbons (Fsp3) is 0.113. The zero-order valence-corrected chi connectivity index (χ0v) is 95.5. The molecule has 8 heterocycles. The van der Waals surface area contributed by atoms with Gasteiger partial charge in [-0.2, -0.15) is 0 Å². The van der Waals surface area contributed by atoms with E-state index in [4.69, 9.17) is 0 Å². The molecule has 21 aromatic rings. The molecule has 0 saturated carbocycles. The van der Waals surface area contributed by atoms with Gasteiger partial charge in [0.05, 0.1) is 0 Å². The Morgan fingerprint density at radius 2 is 0.397 bits per heavy atom. The summed E-state index contributed by atoms with van der Waals surface area (Å²) in [6, 6.07) is 171. The predicted molar refractivity (Wildman–Crippen MR) is 586 cm³/mol. The molecular formula is C133H114Ir5N8-8. The average molecular weight is 2790 g/mol. The zero-order valence-electron chi connectivity index (χ0n) is 83.5.